The molecule has 0 spiro atoms. The zero-order chi connectivity index (χ0) is 21.5. The monoisotopic (exact) mass is 402 g/mol. The van der Waals surface area contributed by atoms with Gasteiger partial charge < -0.3 is 14.2 Å². The molecule has 30 heavy (non-hydrogen) atoms. The summed E-state index contributed by atoms with van der Waals surface area (Å²) in [7, 11) is 1.62. The summed E-state index contributed by atoms with van der Waals surface area (Å²) < 4.78 is 15.5. The Morgan fingerprint density at radius 3 is 2.03 bits per heavy atom. The van der Waals surface area contributed by atoms with Gasteiger partial charge in [-0.2, -0.15) is 0 Å². The highest BCUT2D eigenvalue weighted by Crippen LogP contribution is 2.31. The topological polar surface area (TPSA) is 61.8 Å². The molecule has 0 aliphatic rings. The molecule has 3 aromatic rings. The van der Waals surface area contributed by atoms with Crippen molar-refractivity contribution in [3.8, 4) is 33.8 Å². The van der Waals surface area contributed by atoms with Gasteiger partial charge in [-0.1, -0.05) is 49.0 Å². The number of methoxy groups -OCH3 is 1. The van der Waals surface area contributed by atoms with E-state index in [1.807, 2.05) is 42.5 Å². The lowest BCUT2D eigenvalue weighted by Crippen LogP contribution is -2.08. The van der Waals surface area contributed by atoms with Gasteiger partial charge in [0.05, 0.1) is 6.61 Å². The molecule has 3 aromatic carbocycles. The van der Waals surface area contributed by atoms with Crippen LogP contribution in [0.2, 0.25) is 0 Å². The number of carbonyl (C=O) groups is 2. The highest BCUT2D eigenvalue weighted by atomic mass is 16.5. The molecule has 0 atom stereocenters. The lowest BCUT2D eigenvalue weighted by molar-refractivity contribution is -0.130. The Hall–Kier alpha value is -3.70. The summed E-state index contributed by atoms with van der Waals surface area (Å²) in [6.07, 6.45) is 0. The average molecular weight is 402 g/mol. The van der Waals surface area contributed by atoms with E-state index >= 15 is 0 Å². The molecule has 0 heterocycles. The van der Waals surface area contributed by atoms with Crippen LogP contribution < -0.4 is 9.47 Å². The Labute approximate surface area is 175 Å². The van der Waals surface area contributed by atoms with Crippen molar-refractivity contribution in [3.63, 3.8) is 0 Å². The normalized spacial score (nSPS) is 10.3. The standard InChI is InChI=1S/C25H22O5/c1-17(2)25(27)30-23-12-13-24(21(14-23)15-28-3)20-6-4-18(5-7-20)19-8-10-22(11-9-19)29-16-26/h4-14,16H,1,15H2,2-3H3. The number of hydrogen-bond donors (Lipinski definition) is 0. The molecule has 0 saturated heterocycles. The van der Waals surface area contributed by atoms with Crippen LogP contribution in [0.5, 0.6) is 11.5 Å². The SMILES string of the molecule is C=C(C)C(=O)Oc1ccc(-c2ccc(-c3ccc(OC=O)cc3)cc2)c(COC)c1. The number of esters is 1. The molecule has 0 unspecified atom stereocenters. The Morgan fingerprint density at radius 2 is 1.47 bits per heavy atom. The predicted molar refractivity (Wildman–Crippen MR) is 115 cm³/mol. The summed E-state index contributed by atoms with van der Waals surface area (Å²) in [4.78, 5) is 22.2. The fourth-order valence-corrected chi connectivity index (χ4v) is 3.01. The first kappa shape index (κ1) is 21.0. The third-order valence-electron chi connectivity index (χ3n) is 4.50. The van der Waals surface area contributed by atoms with E-state index in [9.17, 15) is 9.59 Å². The van der Waals surface area contributed by atoms with Gasteiger partial charge in [0.1, 0.15) is 11.5 Å². The predicted octanol–water partition coefficient (Wildman–Crippen LogP) is 5.18. The maximum atomic E-state index is 11.8. The van der Waals surface area contributed by atoms with Crippen LogP contribution in [0.1, 0.15) is 12.5 Å². The van der Waals surface area contributed by atoms with Gasteiger partial charge in [0.15, 0.2) is 0 Å². The molecule has 0 aromatic heterocycles. The smallest absolute Gasteiger partial charge is 0.338 e. The minimum Gasteiger partial charge on any atom is -0.429 e. The van der Waals surface area contributed by atoms with E-state index < -0.39 is 5.97 Å². The molecular formula is C25H22O5. The summed E-state index contributed by atoms with van der Waals surface area (Å²) >= 11 is 0. The zero-order valence-electron chi connectivity index (χ0n) is 16.9. The van der Waals surface area contributed by atoms with E-state index in [0.717, 1.165) is 27.8 Å². The highest BCUT2D eigenvalue weighted by Gasteiger charge is 2.11. The van der Waals surface area contributed by atoms with Gasteiger partial charge in [-0.25, -0.2) is 4.79 Å². The molecule has 0 aliphatic carbocycles. The quantitative estimate of drug-likeness (QED) is 0.225. The summed E-state index contributed by atoms with van der Waals surface area (Å²) in [5.41, 5.74) is 5.31. The van der Waals surface area contributed by atoms with Crippen LogP contribution >= 0.6 is 0 Å². The van der Waals surface area contributed by atoms with Crippen LogP contribution in [-0.2, 0) is 20.9 Å². The Kier molecular flexibility index (Phi) is 6.78. The van der Waals surface area contributed by atoms with Gasteiger partial charge in [-0.15, -0.1) is 0 Å². The number of hydrogen-bond acceptors (Lipinski definition) is 5. The van der Waals surface area contributed by atoms with Crippen LogP contribution in [0.25, 0.3) is 22.3 Å². The molecule has 5 heteroatoms. The van der Waals surface area contributed by atoms with Crippen LogP contribution in [0.15, 0.2) is 78.9 Å². The van der Waals surface area contributed by atoms with Crippen molar-refractivity contribution >= 4 is 12.4 Å². The van der Waals surface area contributed by atoms with E-state index in [2.05, 4.69) is 6.58 Å². The Bertz CT molecular complexity index is 1050. The molecule has 3 rings (SSSR count). The minimum absolute atomic E-state index is 0.341. The zero-order valence-corrected chi connectivity index (χ0v) is 16.9. The maximum Gasteiger partial charge on any atom is 0.338 e. The minimum atomic E-state index is -0.458. The number of benzene rings is 3. The molecule has 0 amide bonds. The van der Waals surface area contributed by atoms with Gasteiger partial charge in [-0.3, -0.25) is 4.79 Å². The van der Waals surface area contributed by atoms with Crippen molar-refractivity contribution in [1.82, 2.24) is 0 Å². The molecule has 0 saturated carbocycles. The van der Waals surface area contributed by atoms with Gasteiger partial charge in [-0.05, 0) is 59.0 Å². The van der Waals surface area contributed by atoms with E-state index in [0.29, 0.717) is 30.2 Å². The van der Waals surface area contributed by atoms with Crippen molar-refractivity contribution in [2.75, 3.05) is 7.11 Å². The third-order valence-corrected chi connectivity index (χ3v) is 4.50. The van der Waals surface area contributed by atoms with Crippen LogP contribution in [0, 0.1) is 0 Å². The largest absolute Gasteiger partial charge is 0.429 e. The molecular weight excluding hydrogens is 380 g/mol. The van der Waals surface area contributed by atoms with Gasteiger partial charge >= 0.3 is 5.97 Å². The lowest BCUT2D eigenvalue weighted by Gasteiger charge is -2.13. The van der Waals surface area contributed by atoms with E-state index in [1.165, 1.54) is 0 Å². The van der Waals surface area contributed by atoms with Crippen molar-refractivity contribution < 1.29 is 23.8 Å². The van der Waals surface area contributed by atoms with Crippen molar-refractivity contribution in [3.05, 3.63) is 84.4 Å². The summed E-state index contributed by atoms with van der Waals surface area (Å²) in [6.45, 7) is 6.00. The van der Waals surface area contributed by atoms with Crippen LogP contribution in [-0.4, -0.2) is 19.6 Å². The lowest BCUT2D eigenvalue weighted by atomic mass is 9.97. The van der Waals surface area contributed by atoms with Gasteiger partial charge in [0, 0.05) is 12.7 Å². The summed E-state index contributed by atoms with van der Waals surface area (Å²) in [5, 5.41) is 0. The first-order valence-electron chi connectivity index (χ1n) is 9.32. The first-order chi connectivity index (χ1) is 14.5. The number of carbonyl (C=O) groups excluding carboxylic acids is 2. The number of rotatable bonds is 8. The van der Waals surface area contributed by atoms with Crippen molar-refractivity contribution in [2.24, 2.45) is 0 Å². The molecule has 0 radical (unpaired) electrons. The Balaban J connectivity index is 1.86. The van der Waals surface area contributed by atoms with Crippen molar-refractivity contribution in [2.45, 2.75) is 13.5 Å². The summed E-state index contributed by atoms with van der Waals surface area (Å²) in [6, 6.07) is 20.9. The van der Waals surface area contributed by atoms with Crippen LogP contribution in [0.4, 0.5) is 0 Å². The second-order valence-electron chi connectivity index (χ2n) is 6.74. The highest BCUT2D eigenvalue weighted by molar-refractivity contribution is 5.89. The maximum absolute atomic E-state index is 11.8. The third kappa shape index (κ3) is 5.01. The molecule has 0 bridgehead atoms. The molecule has 0 N–H and O–H groups in total. The van der Waals surface area contributed by atoms with Gasteiger partial charge in [0.2, 0.25) is 0 Å². The number of ether oxygens (including phenoxy) is 3. The fourth-order valence-electron chi connectivity index (χ4n) is 3.01. The van der Waals surface area contributed by atoms with Crippen molar-refractivity contribution in [1.29, 1.82) is 0 Å². The fraction of sp³-hybridized carbons (Fsp3) is 0.120. The van der Waals surface area contributed by atoms with Gasteiger partial charge in [0.25, 0.3) is 6.47 Å². The Morgan fingerprint density at radius 1 is 0.900 bits per heavy atom. The molecule has 5 nitrogen and oxygen atoms in total. The van der Waals surface area contributed by atoms with Crippen LogP contribution in [0.3, 0.4) is 0 Å². The average Bonchev–Trinajstić information content (AvgIpc) is 2.75. The molecule has 0 fully saturated rings. The second-order valence-corrected chi connectivity index (χ2v) is 6.74. The first-order valence-corrected chi connectivity index (χ1v) is 9.32. The molecule has 152 valence electrons. The van der Waals surface area contributed by atoms with E-state index in [4.69, 9.17) is 14.2 Å². The van der Waals surface area contributed by atoms with E-state index in [1.54, 1.807) is 38.3 Å². The summed E-state index contributed by atoms with van der Waals surface area (Å²) in [5.74, 6) is 0.495. The van der Waals surface area contributed by atoms with E-state index in [-0.39, 0.29) is 0 Å². The molecule has 0 aliphatic heterocycles. The second kappa shape index (κ2) is 9.67.